The molecule has 1 aromatic carbocycles. The third kappa shape index (κ3) is 2.36. The van der Waals surface area contributed by atoms with Crippen molar-refractivity contribution in [2.45, 2.75) is 13.3 Å². The van der Waals surface area contributed by atoms with Crippen LogP contribution in [0, 0.1) is 0 Å². The summed E-state index contributed by atoms with van der Waals surface area (Å²) in [6.07, 6.45) is 0.804. The van der Waals surface area contributed by atoms with E-state index in [2.05, 4.69) is 22.4 Å². The Hall–Kier alpha value is -1.88. The lowest BCUT2D eigenvalue weighted by molar-refractivity contribution is 0.0603. The minimum Gasteiger partial charge on any atom is -0.465 e. The molecule has 0 saturated carbocycles. The quantitative estimate of drug-likeness (QED) is 0.620. The number of nitrogens with zero attached hydrogens (tertiary/aromatic N) is 1. The van der Waals surface area contributed by atoms with Crippen LogP contribution in [-0.2, 0) is 11.2 Å². The fourth-order valence-electron chi connectivity index (χ4n) is 1.99. The second kappa shape index (κ2) is 5.64. The topological polar surface area (TPSA) is 67.0 Å². The number of methoxy groups -OCH3 is 1. The molecule has 0 unspecified atom stereocenters. The average Bonchev–Trinajstić information content (AvgIpc) is 2.81. The van der Waals surface area contributed by atoms with Crippen molar-refractivity contribution in [3.63, 3.8) is 0 Å². The number of hydrogen-bond donors (Lipinski definition) is 2. The van der Waals surface area contributed by atoms with Gasteiger partial charge in [0.05, 0.1) is 18.2 Å². The number of ether oxygens (including phenoxy) is 1. The van der Waals surface area contributed by atoms with E-state index < -0.39 is 0 Å². The summed E-state index contributed by atoms with van der Waals surface area (Å²) in [4.78, 5) is 11.7. The maximum absolute atomic E-state index is 11.7. The molecule has 0 spiro atoms. The predicted octanol–water partition coefficient (Wildman–Crippen LogP) is 1.50. The van der Waals surface area contributed by atoms with Gasteiger partial charge in [-0.15, -0.1) is 0 Å². The van der Waals surface area contributed by atoms with Crippen LogP contribution in [0.4, 0.5) is 0 Å². The highest BCUT2D eigenvalue weighted by Crippen LogP contribution is 2.21. The summed E-state index contributed by atoms with van der Waals surface area (Å²) in [6, 6.07) is 5.46. The van der Waals surface area contributed by atoms with Crippen LogP contribution in [0.3, 0.4) is 0 Å². The van der Waals surface area contributed by atoms with Gasteiger partial charge in [0.25, 0.3) is 0 Å². The predicted molar refractivity (Wildman–Crippen MR) is 69.7 cm³/mol. The summed E-state index contributed by atoms with van der Waals surface area (Å²) in [5, 5.41) is 11.3. The van der Waals surface area contributed by atoms with E-state index in [4.69, 9.17) is 4.74 Å². The molecule has 2 N–H and O–H groups in total. The average molecular weight is 247 g/mol. The number of H-pyrrole nitrogens is 1. The summed E-state index contributed by atoms with van der Waals surface area (Å²) < 4.78 is 4.80. The number of carbonyl (C=O) groups is 1. The number of hydrogen-bond acceptors (Lipinski definition) is 4. The summed E-state index contributed by atoms with van der Waals surface area (Å²) in [5.74, 6) is -0.327. The normalized spacial score (nSPS) is 10.8. The van der Waals surface area contributed by atoms with Gasteiger partial charge in [0.1, 0.15) is 0 Å². The molecule has 96 valence electrons. The first-order chi connectivity index (χ1) is 8.77. The van der Waals surface area contributed by atoms with Gasteiger partial charge in [-0.05, 0) is 18.7 Å². The van der Waals surface area contributed by atoms with E-state index in [9.17, 15) is 4.79 Å². The molecule has 0 fully saturated rings. The number of fused-ring (bicyclic) bond motifs is 1. The first-order valence-electron chi connectivity index (χ1n) is 6.03. The van der Waals surface area contributed by atoms with Crippen molar-refractivity contribution in [3.8, 4) is 0 Å². The molecule has 2 aromatic rings. The first kappa shape index (κ1) is 12.6. The molecule has 0 amide bonds. The number of esters is 1. The Bertz CT molecular complexity index is 548. The number of aromatic nitrogens is 2. The molecule has 0 atom stereocenters. The smallest absolute Gasteiger partial charge is 0.338 e. The summed E-state index contributed by atoms with van der Waals surface area (Å²) in [7, 11) is 1.39. The highest BCUT2D eigenvalue weighted by molar-refractivity contribution is 6.04. The molecule has 5 nitrogen and oxygen atoms in total. The molecule has 0 bridgehead atoms. The Labute approximate surface area is 106 Å². The highest BCUT2D eigenvalue weighted by Gasteiger charge is 2.15. The van der Waals surface area contributed by atoms with Crippen LogP contribution < -0.4 is 5.32 Å². The van der Waals surface area contributed by atoms with E-state index in [1.54, 1.807) is 6.07 Å². The Balaban J connectivity index is 2.39. The van der Waals surface area contributed by atoms with Crippen molar-refractivity contribution in [1.29, 1.82) is 0 Å². The second-order valence-electron chi connectivity index (χ2n) is 4.00. The number of benzene rings is 1. The first-order valence-corrected chi connectivity index (χ1v) is 6.03. The molecule has 18 heavy (non-hydrogen) atoms. The zero-order chi connectivity index (χ0) is 13.0. The van der Waals surface area contributed by atoms with Gasteiger partial charge in [0, 0.05) is 24.0 Å². The van der Waals surface area contributed by atoms with Gasteiger partial charge in [-0.1, -0.05) is 13.0 Å². The van der Waals surface area contributed by atoms with Crippen molar-refractivity contribution in [3.05, 3.63) is 29.5 Å². The fourth-order valence-corrected chi connectivity index (χ4v) is 1.99. The maximum Gasteiger partial charge on any atom is 0.338 e. The van der Waals surface area contributed by atoms with Gasteiger partial charge < -0.3 is 10.1 Å². The lowest BCUT2D eigenvalue weighted by Crippen LogP contribution is -2.16. The molecule has 5 heteroatoms. The van der Waals surface area contributed by atoms with Crippen LogP contribution in [0.5, 0.6) is 0 Å². The minimum atomic E-state index is -0.327. The second-order valence-corrected chi connectivity index (χ2v) is 4.00. The van der Waals surface area contributed by atoms with E-state index in [1.165, 1.54) is 7.11 Å². The Morgan fingerprint density at radius 2 is 2.33 bits per heavy atom. The van der Waals surface area contributed by atoms with Crippen molar-refractivity contribution >= 4 is 16.9 Å². The highest BCUT2D eigenvalue weighted by atomic mass is 16.5. The van der Waals surface area contributed by atoms with Gasteiger partial charge in [-0.2, -0.15) is 5.10 Å². The lowest BCUT2D eigenvalue weighted by Gasteiger charge is -2.04. The Kier molecular flexibility index (Phi) is 3.94. The molecule has 0 aliphatic rings. The lowest BCUT2D eigenvalue weighted by atomic mass is 10.1. The SMILES string of the molecule is CCNCCc1[nH]nc2cccc(C(=O)OC)c12. The van der Waals surface area contributed by atoms with Crippen LogP contribution in [-0.4, -0.2) is 36.4 Å². The van der Waals surface area contributed by atoms with E-state index in [0.29, 0.717) is 5.56 Å². The number of nitrogens with one attached hydrogen (secondary N) is 2. The van der Waals surface area contributed by atoms with Crippen LogP contribution in [0.15, 0.2) is 18.2 Å². The van der Waals surface area contributed by atoms with Crippen molar-refractivity contribution in [1.82, 2.24) is 15.5 Å². The zero-order valence-corrected chi connectivity index (χ0v) is 10.6. The van der Waals surface area contributed by atoms with Crippen LogP contribution in [0.25, 0.3) is 10.9 Å². The van der Waals surface area contributed by atoms with Crippen LogP contribution >= 0.6 is 0 Å². The van der Waals surface area contributed by atoms with E-state index in [-0.39, 0.29) is 5.97 Å². The third-order valence-corrected chi connectivity index (χ3v) is 2.86. The standard InChI is InChI=1S/C13H17N3O2/c1-3-14-8-7-11-12-9(13(17)18-2)5-4-6-10(12)15-16-11/h4-6,14H,3,7-8H2,1-2H3,(H,15,16). The summed E-state index contributed by atoms with van der Waals surface area (Å²) >= 11 is 0. The maximum atomic E-state index is 11.7. The number of likely N-dealkylation sites (N-methyl/N-ethyl adjacent to an activating group) is 1. The molecular formula is C13H17N3O2. The van der Waals surface area contributed by atoms with Gasteiger partial charge in [0.15, 0.2) is 0 Å². The molecule has 0 radical (unpaired) electrons. The molecule has 1 aromatic heterocycles. The van der Waals surface area contributed by atoms with Crippen LogP contribution in [0.2, 0.25) is 0 Å². The number of rotatable bonds is 5. The molecular weight excluding hydrogens is 230 g/mol. The van der Waals surface area contributed by atoms with Crippen LogP contribution in [0.1, 0.15) is 23.0 Å². The van der Waals surface area contributed by atoms with Gasteiger partial charge in [-0.25, -0.2) is 4.79 Å². The summed E-state index contributed by atoms with van der Waals surface area (Å²) in [5.41, 5.74) is 2.33. The summed E-state index contributed by atoms with van der Waals surface area (Å²) in [6.45, 7) is 3.84. The molecule has 0 aliphatic carbocycles. The van der Waals surface area contributed by atoms with Gasteiger partial charge in [0.2, 0.25) is 0 Å². The molecule has 1 heterocycles. The van der Waals surface area contributed by atoms with E-state index in [0.717, 1.165) is 36.1 Å². The molecule has 0 saturated heterocycles. The van der Waals surface area contributed by atoms with E-state index in [1.807, 2.05) is 12.1 Å². The Morgan fingerprint density at radius 1 is 1.50 bits per heavy atom. The van der Waals surface area contributed by atoms with E-state index >= 15 is 0 Å². The Morgan fingerprint density at radius 3 is 3.06 bits per heavy atom. The van der Waals surface area contributed by atoms with Gasteiger partial charge in [-0.3, -0.25) is 5.10 Å². The van der Waals surface area contributed by atoms with Crippen molar-refractivity contribution in [2.75, 3.05) is 20.2 Å². The zero-order valence-electron chi connectivity index (χ0n) is 10.6. The third-order valence-electron chi connectivity index (χ3n) is 2.86. The molecule has 2 rings (SSSR count). The molecule has 0 aliphatic heterocycles. The van der Waals surface area contributed by atoms with Crippen molar-refractivity contribution < 1.29 is 9.53 Å². The largest absolute Gasteiger partial charge is 0.465 e. The number of carbonyl (C=O) groups excluding carboxylic acids is 1. The number of aromatic amines is 1. The minimum absolute atomic E-state index is 0.327. The van der Waals surface area contributed by atoms with Crippen molar-refractivity contribution in [2.24, 2.45) is 0 Å². The monoisotopic (exact) mass is 247 g/mol. The fraction of sp³-hybridized carbons (Fsp3) is 0.385. The van der Waals surface area contributed by atoms with Gasteiger partial charge >= 0.3 is 5.97 Å².